The molecular formula is C30H42N7O2S+. The van der Waals surface area contributed by atoms with Crippen LogP contribution in [0.4, 0.5) is 11.6 Å². The van der Waals surface area contributed by atoms with Crippen molar-refractivity contribution in [3.63, 3.8) is 0 Å². The first-order valence-corrected chi connectivity index (χ1v) is 15.4. The van der Waals surface area contributed by atoms with Crippen LogP contribution in [0.5, 0.6) is 0 Å². The number of carbonyl (C=O) groups excluding carboxylic acids is 1. The lowest BCUT2D eigenvalue weighted by molar-refractivity contribution is -0.365. The van der Waals surface area contributed by atoms with E-state index in [4.69, 9.17) is 20.9 Å². The summed E-state index contributed by atoms with van der Waals surface area (Å²) in [4.78, 5) is 24.3. The molecule has 40 heavy (non-hydrogen) atoms. The van der Waals surface area contributed by atoms with Crippen molar-refractivity contribution in [2.75, 3.05) is 56.4 Å². The number of nitrogens with two attached hydrogens (primary N) is 1. The summed E-state index contributed by atoms with van der Waals surface area (Å²) < 4.78 is 7.31. The summed E-state index contributed by atoms with van der Waals surface area (Å²) in [6.45, 7) is 9.73. The lowest BCUT2D eigenvalue weighted by Crippen LogP contribution is -2.50. The van der Waals surface area contributed by atoms with E-state index in [0.29, 0.717) is 50.3 Å². The van der Waals surface area contributed by atoms with E-state index in [-0.39, 0.29) is 11.3 Å². The zero-order valence-electron chi connectivity index (χ0n) is 24.1. The number of amidine groups is 1. The van der Waals surface area contributed by atoms with Crippen LogP contribution in [0.25, 0.3) is 0 Å². The van der Waals surface area contributed by atoms with Gasteiger partial charge in [-0.3, -0.25) is 14.6 Å². The summed E-state index contributed by atoms with van der Waals surface area (Å²) in [6.07, 6.45) is 6.38. The van der Waals surface area contributed by atoms with Crippen LogP contribution in [0.1, 0.15) is 60.2 Å². The number of hydrogen-bond acceptors (Lipinski definition) is 7. The maximum absolute atomic E-state index is 13.9. The molecule has 4 N–H and O–H groups in total. The van der Waals surface area contributed by atoms with E-state index < -0.39 is 0 Å². The second-order valence-electron chi connectivity index (χ2n) is 11.5. The summed E-state index contributed by atoms with van der Waals surface area (Å²) in [5.74, 6) is 2.69. The SMILES string of the molecule is CCNc1cc(C2(CC(N)=[N+](C)C=N)COC2)cc(N2Cc3c(SC)cc(CN4CCC[C@H](C)C4)cc3C2=O)n1. The van der Waals surface area contributed by atoms with E-state index >= 15 is 0 Å². The smallest absolute Gasteiger partial charge is 0.260 e. The predicted molar refractivity (Wildman–Crippen MR) is 162 cm³/mol. The molecule has 3 aliphatic heterocycles. The molecule has 1 aromatic carbocycles. The molecule has 0 aliphatic carbocycles. The molecule has 5 rings (SSSR count). The largest absolute Gasteiger partial charge is 0.379 e. The quantitative estimate of drug-likeness (QED) is 0.174. The fourth-order valence-corrected chi connectivity index (χ4v) is 6.77. The number of hydrogen-bond donors (Lipinski definition) is 3. The van der Waals surface area contributed by atoms with Crippen molar-refractivity contribution >= 4 is 41.5 Å². The van der Waals surface area contributed by atoms with Crippen LogP contribution >= 0.6 is 11.8 Å². The normalized spacial score (nSPS) is 21.1. The Bertz CT molecular complexity index is 1320. The Hall–Kier alpha value is -2.95. The average Bonchev–Trinajstić information content (AvgIpc) is 3.26. The summed E-state index contributed by atoms with van der Waals surface area (Å²) in [5.41, 5.74) is 10.1. The van der Waals surface area contributed by atoms with Gasteiger partial charge in [0.1, 0.15) is 11.6 Å². The molecule has 0 saturated carbocycles. The van der Waals surface area contributed by atoms with Gasteiger partial charge in [-0.25, -0.2) is 9.56 Å². The van der Waals surface area contributed by atoms with Crippen molar-refractivity contribution in [3.8, 4) is 0 Å². The molecule has 0 unspecified atom stereocenters. The van der Waals surface area contributed by atoms with Crippen molar-refractivity contribution in [2.24, 2.45) is 11.7 Å². The Balaban J connectivity index is 1.48. The molecule has 1 atom stereocenters. The minimum Gasteiger partial charge on any atom is -0.379 e. The van der Waals surface area contributed by atoms with Gasteiger partial charge in [0, 0.05) is 36.5 Å². The molecule has 1 amide bonds. The first-order valence-electron chi connectivity index (χ1n) is 14.2. The number of rotatable bonds is 10. The second kappa shape index (κ2) is 11.9. The third-order valence-electron chi connectivity index (χ3n) is 8.41. The maximum atomic E-state index is 13.9. The van der Waals surface area contributed by atoms with Crippen LogP contribution in [-0.2, 0) is 23.2 Å². The van der Waals surface area contributed by atoms with E-state index in [1.807, 2.05) is 24.0 Å². The van der Waals surface area contributed by atoms with Crippen LogP contribution in [-0.4, -0.2) is 78.7 Å². The second-order valence-corrected chi connectivity index (χ2v) is 12.4. The Morgan fingerprint density at radius 2 is 2.15 bits per heavy atom. The minimum atomic E-state index is -0.331. The van der Waals surface area contributed by atoms with Crippen LogP contribution in [0.2, 0.25) is 0 Å². The molecule has 0 bridgehead atoms. The van der Waals surface area contributed by atoms with Crippen LogP contribution in [0, 0.1) is 11.3 Å². The molecule has 3 aliphatic rings. The maximum Gasteiger partial charge on any atom is 0.260 e. The van der Waals surface area contributed by atoms with Crippen molar-refractivity contribution < 1.29 is 14.1 Å². The molecule has 2 saturated heterocycles. The lowest BCUT2D eigenvalue weighted by Gasteiger charge is -2.41. The molecular weight excluding hydrogens is 522 g/mol. The fourth-order valence-electron chi connectivity index (χ4n) is 6.08. The molecule has 10 heteroatoms. The highest BCUT2D eigenvalue weighted by molar-refractivity contribution is 7.98. The van der Waals surface area contributed by atoms with E-state index in [2.05, 4.69) is 35.5 Å². The first kappa shape index (κ1) is 28.6. The van der Waals surface area contributed by atoms with E-state index in [0.717, 1.165) is 47.0 Å². The molecule has 0 radical (unpaired) electrons. The van der Waals surface area contributed by atoms with Gasteiger partial charge in [-0.2, -0.15) is 5.41 Å². The number of thioether (sulfide) groups is 1. The highest BCUT2D eigenvalue weighted by Gasteiger charge is 2.43. The van der Waals surface area contributed by atoms with Gasteiger partial charge in [-0.1, -0.05) is 6.92 Å². The van der Waals surface area contributed by atoms with E-state index in [1.54, 1.807) is 23.4 Å². The number of ether oxygens (including phenoxy) is 1. The number of anilines is 2. The number of carbonyl (C=O) groups is 1. The fraction of sp³-hybridized carbons (Fsp3) is 0.533. The van der Waals surface area contributed by atoms with Crippen LogP contribution in [0.15, 0.2) is 29.2 Å². The Labute approximate surface area is 241 Å². The van der Waals surface area contributed by atoms with Gasteiger partial charge in [0.2, 0.25) is 6.34 Å². The van der Waals surface area contributed by atoms with Crippen molar-refractivity contribution in [3.05, 3.63) is 46.5 Å². The number of pyridine rings is 1. The summed E-state index contributed by atoms with van der Waals surface area (Å²) in [7, 11) is 1.78. The Morgan fingerprint density at radius 3 is 2.80 bits per heavy atom. The van der Waals surface area contributed by atoms with Gasteiger partial charge in [0.25, 0.3) is 5.91 Å². The van der Waals surface area contributed by atoms with Crippen molar-refractivity contribution in [1.82, 2.24) is 9.88 Å². The molecule has 0 spiro atoms. The van der Waals surface area contributed by atoms with Crippen LogP contribution < -0.4 is 16.0 Å². The Morgan fingerprint density at radius 1 is 1.35 bits per heavy atom. The topological polar surface area (TPSA) is 111 Å². The van der Waals surface area contributed by atoms with Crippen molar-refractivity contribution in [2.45, 2.75) is 56.5 Å². The number of amides is 1. The molecule has 1 aromatic heterocycles. The first-order chi connectivity index (χ1) is 19.3. The number of benzene rings is 1. The summed E-state index contributed by atoms with van der Waals surface area (Å²) in [5, 5.41) is 10.9. The highest BCUT2D eigenvalue weighted by atomic mass is 32.2. The van der Waals surface area contributed by atoms with Gasteiger partial charge in [-0.05, 0) is 79.4 Å². The van der Waals surface area contributed by atoms with Gasteiger partial charge < -0.3 is 15.8 Å². The van der Waals surface area contributed by atoms with E-state index in [1.165, 1.54) is 24.7 Å². The number of nitrogens with zero attached hydrogens (tertiary/aromatic N) is 4. The van der Waals surface area contributed by atoms with Crippen LogP contribution in [0.3, 0.4) is 0 Å². The summed E-state index contributed by atoms with van der Waals surface area (Å²) in [6, 6.07) is 8.45. The van der Waals surface area contributed by atoms with Gasteiger partial charge in [0.05, 0.1) is 32.2 Å². The third kappa shape index (κ3) is 5.62. The van der Waals surface area contributed by atoms with E-state index in [9.17, 15) is 4.79 Å². The lowest BCUT2D eigenvalue weighted by atomic mass is 9.75. The van der Waals surface area contributed by atoms with Gasteiger partial charge >= 0.3 is 0 Å². The monoisotopic (exact) mass is 564 g/mol. The number of nitrogens with one attached hydrogen (secondary N) is 2. The number of fused-ring (bicyclic) bond motifs is 1. The molecule has 214 valence electrons. The number of piperidine rings is 1. The standard InChI is InChI=1S/C30H41N7O2S/c1-5-33-27-11-22(30(17-39-18-30)13-26(32)35(3)19-31)12-28(34-27)37-16-24-23(29(37)38)9-21(10-25(24)40-4)15-36-8-6-7-20(2)14-36/h9-12,19-20,31-32H,5-8,13-18H2,1-4H3,(H,33,34)/p+1/t20-/m0/s1. The highest BCUT2D eigenvalue weighted by Crippen LogP contribution is 2.40. The number of likely N-dealkylation sites (tertiary alicyclic amines) is 1. The zero-order valence-corrected chi connectivity index (χ0v) is 24.9. The van der Waals surface area contributed by atoms with Crippen molar-refractivity contribution in [1.29, 1.82) is 5.41 Å². The molecule has 9 nitrogen and oxygen atoms in total. The minimum absolute atomic E-state index is 0.000198. The number of aromatic nitrogens is 1. The zero-order chi connectivity index (χ0) is 28.4. The summed E-state index contributed by atoms with van der Waals surface area (Å²) >= 11 is 1.71. The predicted octanol–water partition coefficient (Wildman–Crippen LogP) is 3.89. The van der Waals surface area contributed by atoms with Gasteiger partial charge in [0.15, 0.2) is 5.84 Å². The molecule has 2 fully saturated rings. The third-order valence-corrected chi connectivity index (χ3v) is 9.21. The molecule has 2 aromatic rings. The Kier molecular flexibility index (Phi) is 8.49. The molecule has 4 heterocycles. The van der Waals surface area contributed by atoms with Gasteiger partial charge in [-0.15, -0.1) is 11.8 Å². The average molecular weight is 565 g/mol.